The summed E-state index contributed by atoms with van der Waals surface area (Å²) in [5.74, 6) is -1.43. The lowest BCUT2D eigenvalue weighted by molar-refractivity contribution is -0.132. The minimum absolute atomic E-state index is 0.119. The fourth-order valence-electron chi connectivity index (χ4n) is 4.04. The molecule has 9 heteroatoms. The van der Waals surface area contributed by atoms with Crippen LogP contribution in [0, 0.1) is 5.82 Å². The molecule has 0 spiro atoms. The first-order valence-electron chi connectivity index (χ1n) is 10.6. The van der Waals surface area contributed by atoms with Crippen molar-refractivity contribution < 1.29 is 28.6 Å². The summed E-state index contributed by atoms with van der Waals surface area (Å²) < 4.78 is 24.9. The van der Waals surface area contributed by atoms with Crippen molar-refractivity contribution in [2.24, 2.45) is 0 Å². The van der Waals surface area contributed by atoms with Gasteiger partial charge >= 0.3 is 5.91 Å². The molecule has 1 aromatic heterocycles. The lowest BCUT2D eigenvalue weighted by Crippen LogP contribution is -2.29. The first kappa shape index (κ1) is 22.5. The Kier molecular flexibility index (Phi) is 5.70. The smallest absolute Gasteiger partial charge is 0.301 e. The van der Waals surface area contributed by atoms with Gasteiger partial charge in [-0.05, 0) is 60.2 Å². The van der Waals surface area contributed by atoms with Crippen molar-refractivity contribution in [2.75, 3.05) is 19.1 Å². The van der Waals surface area contributed by atoms with Crippen LogP contribution in [0.5, 0.6) is 11.5 Å². The minimum atomic E-state index is -0.974. The third-order valence-electron chi connectivity index (χ3n) is 5.76. The zero-order valence-corrected chi connectivity index (χ0v) is 19.5. The van der Waals surface area contributed by atoms with E-state index in [9.17, 15) is 19.1 Å². The molecule has 5 rings (SSSR count). The highest BCUT2D eigenvalue weighted by molar-refractivity contribution is 7.22. The van der Waals surface area contributed by atoms with Crippen LogP contribution in [-0.2, 0) is 9.59 Å². The van der Waals surface area contributed by atoms with Crippen LogP contribution >= 0.6 is 11.3 Å². The molecule has 35 heavy (non-hydrogen) atoms. The second-order valence-corrected chi connectivity index (χ2v) is 8.79. The molecule has 1 fully saturated rings. The van der Waals surface area contributed by atoms with Crippen molar-refractivity contribution in [2.45, 2.75) is 6.04 Å². The van der Waals surface area contributed by atoms with Crippen molar-refractivity contribution in [1.29, 1.82) is 0 Å². The maximum atomic E-state index is 13.5. The van der Waals surface area contributed by atoms with Gasteiger partial charge in [-0.25, -0.2) is 9.37 Å². The van der Waals surface area contributed by atoms with Gasteiger partial charge in [-0.2, -0.15) is 0 Å². The van der Waals surface area contributed by atoms with Gasteiger partial charge in [0.2, 0.25) is 0 Å². The summed E-state index contributed by atoms with van der Waals surface area (Å²) in [6.45, 7) is 0. The van der Waals surface area contributed by atoms with E-state index in [1.54, 1.807) is 49.6 Å². The van der Waals surface area contributed by atoms with Crippen LogP contribution in [0.15, 0.2) is 72.3 Å². The van der Waals surface area contributed by atoms with Gasteiger partial charge in [0.15, 0.2) is 5.13 Å². The average molecular weight is 491 g/mol. The Bertz CT molecular complexity index is 1500. The number of carbonyl (C=O) groups excluding carboxylic acids is 2. The molecule has 1 aliphatic heterocycles. The van der Waals surface area contributed by atoms with Gasteiger partial charge in [0, 0.05) is 5.56 Å². The maximum Gasteiger partial charge on any atom is 0.301 e. The van der Waals surface area contributed by atoms with Crippen molar-refractivity contribution in [3.63, 3.8) is 0 Å². The number of rotatable bonds is 5. The van der Waals surface area contributed by atoms with E-state index in [0.717, 1.165) is 4.70 Å². The summed E-state index contributed by atoms with van der Waals surface area (Å²) in [7, 11) is 3.06. The number of methoxy groups -OCH3 is 2. The zero-order chi connectivity index (χ0) is 24.7. The molecule has 1 amide bonds. The number of fused-ring (bicyclic) bond motifs is 1. The van der Waals surface area contributed by atoms with Crippen LogP contribution in [0.2, 0.25) is 0 Å². The average Bonchev–Trinajstić information content (AvgIpc) is 3.41. The number of ketones is 1. The summed E-state index contributed by atoms with van der Waals surface area (Å²) in [6.07, 6.45) is 0. The normalized spacial score (nSPS) is 17.2. The molecule has 0 aliphatic carbocycles. The third kappa shape index (κ3) is 3.89. The number of Topliss-reactive ketones (excluding diaryl/α,β-unsaturated/α-hetero) is 1. The summed E-state index contributed by atoms with van der Waals surface area (Å²) in [5.41, 5.74) is 1.28. The fraction of sp³-hybridized carbons (Fsp3) is 0.115. The highest BCUT2D eigenvalue weighted by atomic mass is 32.1. The number of benzene rings is 3. The molecular weight excluding hydrogens is 471 g/mol. The van der Waals surface area contributed by atoms with Crippen LogP contribution in [0.25, 0.3) is 16.0 Å². The monoisotopic (exact) mass is 490 g/mol. The first-order chi connectivity index (χ1) is 16.9. The van der Waals surface area contributed by atoms with E-state index in [0.29, 0.717) is 27.7 Å². The van der Waals surface area contributed by atoms with Gasteiger partial charge in [-0.3, -0.25) is 14.5 Å². The minimum Gasteiger partial charge on any atom is -0.507 e. The molecule has 1 aliphatic rings. The summed E-state index contributed by atoms with van der Waals surface area (Å²) in [5, 5.41) is 11.4. The van der Waals surface area contributed by atoms with Crippen molar-refractivity contribution in [3.8, 4) is 11.5 Å². The number of carbonyl (C=O) groups is 2. The van der Waals surface area contributed by atoms with Gasteiger partial charge in [0.05, 0.1) is 36.1 Å². The van der Waals surface area contributed by atoms with Gasteiger partial charge < -0.3 is 14.6 Å². The predicted octanol–water partition coefficient (Wildman–Crippen LogP) is 5.08. The number of ether oxygens (including phenoxy) is 2. The molecule has 0 radical (unpaired) electrons. The SMILES string of the molecule is COc1cccc(C2C(=C(O)c3ccc(F)cc3)C(=O)C(=O)N2c2nc3ccc(OC)cc3s2)c1. The maximum absolute atomic E-state index is 13.5. The first-order valence-corrected chi connectivity index (χ1v) is 11.4. The molecule has 4 aromatic rings. The number of aliphatic hydroxyl groups excluding tert-OH is 1. The number of nitrogens with zero attached hydrogens (tertiary/aromatic N) is 2. The Morgan fingerprint density at radius 2 is 1.71 bits per heavy atom. The Morgan fingerprint density at radius 3 is 2.43 bits per heavy atom. The Hall–Kier alpha value is -4.24. The lowest BCUT2D eigenvalue weighted by atomic mass is 9.95. The van der Waals surface area contributed by atoms with E-state index >= 15 is 0 Å². The third-order valence-corrected chi connectivity index (χ3v) is 6.78. The number of anilines is 1. The van der Waals surface area contributed by atoms with Gasteiger partial charge in [-0.1, -0.05) is 23.5 Å². The number of halogens is 1. The number of hydrogen-bond donors (Lipinski definition) is 1. The Balaban J connectivity index is 1.72. The Morgan fingerprint density at radius 1 is 1.00 bits per heavy atom. The molecule has 3 aromatic carbocycles. The standard InChI is InChI=1S/C26H19FN2O5S/c1-33-17-5-3-4-15(12-17)22-21(23(30)14-6-8-16(27)9-7-14)24(31)25(32)29(22)26-28-19-11-10-18(34-2)13-20(19)35-26/h3-13,22,30H,1-2H3. The number of thiazole rings is 1. The van der Waals surface area contributed by atoms with Gasteiger partial charge in [0.25, 0.3) is 5.78 Å². The van der Waals surface area contributed by atoms with E-state index < -0.39 is 29.3 Å². The molecule has 0 bridgehead atoms. The molecule has 2 heterocycles. The number of aliphatic hydroxyl groups is 1. The quantitative estimate of drug-likeness (QED) is 0.239. The predicted molar refractivity (Wildman–Crippen MR) is 130 cm³/mol. The zero-order valence-electron chi connectivity index (χ0n) is 18.7. The summed E-state index contributed by atoms with van der Waals surface area (Å²) in [4.78, 5) is 32.5. The van der Waals surface area contributed by atoms with Crippen molar-refractivity contribution >= 4 is 44.1 Å². The summed E-state index contributed by atoms with van der Waals surface area (Å²) in [6, 6.07) is 16.3. The van der Waals surface area contributed by atoms with E-state index in [1.807, 2.05) is 0 Å². The molecule has 1 N–H and O–H groups in total. The fourth-order valence-corrected chi connectivity index (χ4v) is 5.06. The largest absolute Gasteiger partial charge is 0.507 e. The van der Waals surface area contributed by atoms with Crippen LogP contribution < -0.4 is 14.4 Å². The van der Waals surface area contributed by atoms with E-state index in [2.05, 4.69) is 4.98 Å². The van der Waals surface area contributed by atoms with Crippen LogP contribution in [-0.4, -0.2) is 36.0 Å². The van der Waals surface area contributed by atoms with Crippen LogP contribution in [0.1, 0.15) is 17.2 Å². The van der Waals surface area contributed by atoms with Gasteiger partial charge in [-0.15, -0.1) is 0 Å². The van der Waals surface area contributed by atoms with E-state index in [4.69, 9.17) is 9.47 Å². The summed E-state index contributed by atoms with van der Waals surface area (Å²) >= 11 is 1.23. The van der Waals surface area contributed by atoms with E-state index in [-0.39, 0.29) is 11.1 Å². The number of aromatic nitrogens is 1. The highest BCUT2D eigenvalue weighted by Crippen LogP contribution is 2.45. The topological polar surface area (TPSA) is 89.0 Å². The van der Waals surface area contributed by atoms with Gasteiger partial charge in [0.1, 0.15) is 23.1 Å². The van der Waals surface area contributed by atoms with Crippen LogP contribution in [0.4, 0.5) is 9.52 Å². The molecule has 176 valence electrons. The molecular formula is C26H19FN2O5S. The highest BCUT2D eigenvalue weighted by Gasteiger charge is 2.48. The Labute approximate surface area is 203 Å². The molecule has 0 saturated carbocycles. The molecule has 1 atom stereocenters. The van der Waals surface area contributed by atoms with Crippen molar-refractivity contribution in [3.05, 3.63) is 89.2 Å². The second kappa shape index (κ2) is 8.84. The second-order valence-electron chi connectivity index (χ2n) is 7.78. The number of amides is 1. The van der Waals surface area contributed by atoms with Crippen LogP contribution in [0.3, 0.4) is 0 Å². The van der Waals surface area contributed by atoms with E-state index in [1.165, 1.54) is 47.6 Å². The molecule has 7 nitrogen and oxygen atoms in total. The van der Waals surface area contributed by atoms with Crippen molar-refractivity contribution in [1.82, 2.24) is 4.98 Å². The number of hydrogen-bond acceptors (Lipinski definition) is 7. The lowest BCUT2D eigenvalue weighted by Gasteiger charge is -2.23. The molecule has 1 saturated heterocycles. The molecule has 1 unspecified atom stereocenters.